The third-order valence-corrected chi connectivity index (χ3v) is 1.93. The van der Waals surface area contributed by atoms with Crippen LogP contribution in [0.2, 0.25) is 0 Å². The molecule has 9 heteroatoms. The predicted molar refractivity (Wildman–Crippen MR) is 56.1 cm³/mol. The second kappa shape index (κ2) is 5.52. The molecule has 0 spiro atoms. The molecule has 0 aromatic carbocycles. The molecule has 0 aliphatic carbocycles. The van der Waals surface area contributed by atoms with E-state index in [9.17, 15) is 23.3 Å². The summed E-state index contributed by atoms with van der Waals surface area (Å²) in [6, 6.07) is 2.27. The molecule has 0 saturated carbocycles. The minimum absolute atomic E-state index is 0.0414. The second-order valence-corrected chi connectivity index (χ2v) is 3.38. The molecule has 0 unspecified atom stereocenters. The van der Waals surface area contributed by atoms with Crippen LogP contribution in [0, 0.1) is 10.1 Å². The number of hydrogen-bond donors (Lipinski definition) is 1. The van der Waals surface area contributed by atoms with E-state index in [4.69, 9.17) is 10.5 Å². The summed E-state index contributed by atoms with van der Waals surface area (Å²) in [7, 11) is 0. The number of nitro groups is 1. The van der Waals surface area contributed by atoms with Gasteiger partial charge in [0.2, 0.25) is 11.7 Å². The lowest BCUT2D eigenvalue weighted by Gasteiger charge is -2.07. The Kier molecular flexibility index (Phi) is 4.29. The summed E-state index contributed by atoms with van der Waals surface area (Å²) < 4.78 is 40.4. The molecule has 0 amide bonds. The van der Waals surface area contributed by atoms with E-state index in [-0.39, 0.29) is 30.4 Å². The van der Waals surface area contributed by atoms with Crippen molar-refractivity contribution in [1.82, 2.24) is 4.98 Å². The molecular weight excluding hydrogens is 255 g/mol. The predicted octanol–water partition coefficient (Wildman–Crippen LogP) is 2.29. The number of pyridine rings is 1. The number of nitrogen functional groups attached to an aromatic ring is 1. The van der Waals surface area contributed by atoms with Gasteiger partial charge in [-0.3, -0.25) is 10.1 Å². The van der Waals surface area contributed by atoms with Crippen molar-refractivity contribution in [3.63, 3.8) is 0 Å². The Bertz CT molecular complexity index is 437. The second-order valence-electron chi connectivity index (χ2n) is 3.38. The summed E-state index contributed by atoms with van der Waals surface area (Å²) in [6.07, 6.45) is -5.41. The summed E-state index contributed by atoms with van der Waals surface area (Å²) in [4.78, 5) is 13.3. The van der Waals surface area contributed by atoms with Gasteiger partial charge in [0.15, 0.2) is 0 Å². The smallest absolute Gasteiger partial charge is 0.389 e. The highest BCUT2D eigenvalue weighted by atomic mass is 19.4. The number of nitrogens with two attached hydrogens (primary N) is 1. The molecule has 0 radical (unpaired) electrons. The molecule has 1 aromatic rings. The van der Waals surface area contributed by atoms with Crippen LogP contribution in [0.25, 0.3) is 0 Å². The highest BCUT2D eigenvalue weighted by molar-refractivity contribution is 5.53. The van der Waals surface area contributed by atoms with E-state index >= 15 is 0 Å². The topological polar surface area (TPSA) is 91.3 Å². The monoisotopic (exact) mass is 265 g/mol. The van der Waals surface area contributed by atoms with E-state index < -0.39 is 17.5 Å². The molecule has 100 valence electrons. The van der Waals surface area contributed by atoms with E-state index in [1.165, 1.54) is 6.07 Å². The number of rotatable bonds is 5. The fourth-order valence-electron chi connectivity index (χ4n) is 1.13. The molecule has 1 aromatic heterocycles. The van der Waals surface area contributed by atoms with Gasteiger partial charge >= 0.3 is 11.9 Å². The minimum atomic E-state index is -4.23. The average molecular weight is 265 g/mol. The third-order valence-electron chi connectivity index (χ3n) is 1.93. The minimum Gasteiger partial charge on any atom is -0.478 e. The fraction of sp³-hybridized carbons (Fsp3) is 0.444. The summed E-state index contributed by atoms with van der Waals surface area (Å²) in [6.45, 7) is -0.191. The zero-order chi connectivity index (χ0) is 13.8. The Morgan fingerprint density at radius 2 is 2.11 bits per heavy atom. The van der Waals surface area contributed by atoms with Gasteiger partial charge in [-0.1, -0.05) is 0 Å². The zero-order valence-electron chi connectivity index (χ0n) is 9.11. The van der Waals surface area contributed by atoms with E-state index in [2.05, 4.69) is 4.98 Å². The van der Waals surface area contributed by atoms with E-state index in [1.54, 1.807) is 0 Å². The lowest BCUT2D eigenvalue weighted by Crippen LogP contribution is -2.10. The van der Waals surface area contributed by atoms with Crippen LogP contribution in [-0.2, 0) is 0 Å². The van der Waals surface area contributed by atoms with Crippen LogP contribution in [0.3, 0.4) is 0 Å². The van der Waals surface area contributed by atoms with Crippen LogP contribution >= 0.6 is 0 Å². The van der Waals surface area contributed by atoms with Gasteiger partial charge in [0.25, 0.3) is 0 Å². The van der Waals surface area contributed by atoms with Crippen LogP contribution in [0.1, 0.15) is 12.8 Å². The standard InChI is InChI=1S/C9H10F3N3O3/c10-9(11,12)4-1-5-18-7-3-2-6(15(16)17)8(13)14-7/h2-3H,1,4-5H2,(H2,13,14). The van der Waals surface area contributed by atoms with Gasteiger partial charge in [-0.15, -0.1) is 0 Å². The molecule has 0 atom stereocenters. The van der Waals surface area contributed by atoms with Crippen molar-refractivity contribution in [2.24, 2.45) is 0 Å². The largest absolute Gasteiger partial charge is 0.478 e. The normalized spacial score (nSPS) is 11.3. The van der Waals surface area contributed by atoms with Crippen molar-refractivity contribution >= 4 is 11.5 Å². The highest BCUT2D eigenvalue weighted by Crippen LogP contribution is 2.23. The summed E-state index contributed by atoms with van der Waals surface area (Å²) >= 11 is 0. The molecule has 18 heavy (non-hydrogen) atoms. The van der Waals surface area contributed by atoms with Crippen LogP contribution < -0.4 is 10.5 Å². The first kappa shape index (κ1) is 14.0. The number of aromatic nitrogens is 1. The molecule has 1 rings (SSSR count). The van der Waals surface area contributed by atoms with Gasteiger partial charge in [0.05, 0.1) is 11.5 Å². The lowest BCUT2D eigenvalue weighted by atomic mass is 10.3. The van der Waals surface area contributed by atoms with Crippen molar-refractivity contribution in [2.75, 3.05) is 12.3 Å². The molecular formula is C9H10F3N3O3. The number of alkyl halides is 3. The van der Waals surface area contributed by atoms with Gasteiger partial charge < -0.3 is 10.5 Å². The van der Waals surface area contributed by atoms with Gasteiger partial charge in [0.1, 0.15) is 0 Å². The maximum Gasteiger partial charge on any atom is 0.389 e. The number of nitrogens with zero attached hydrogens (tertiary/aromatic N) is 2. The Morgan fingerprint density at radius 3 is 2.61 bits per heavy atom. The van der Waals surface area contributed by atoms with Gasteiger partial charge in [-0.05, 0) is 6.42 Å². The molecule has 0 aliphatic heterocycles. The van der Waals surface area contributed by atoms with Crippen molar-refractivity contribution < 1.29 is 22.8 Å². The first-order valence-corrected chi connectivity index (χ1v) is 4.90. The molecule has 0 saturated heterocycles. The Morgan fingerprint density at radius 1 is 1.44 bits per heavy atom. The zero-order valence-corrected chi connectivity index (χ0v) is 9.11. The van der Waals surface area contributed by atoms with E-state index in [1.807, 2.05) is 0 Å². The van der Waals surface area contributed by atoms with Gasteiger partial charge in [-0.25, -0.2) is 0 Å². The van der Waals surface area contributed by atoms with Crippen molar-refractivity contribution in [3.05, 3.63) is 22.2 Å². The Hall–Kier alpha value is -2.06. The molecule has 0 fully saturated rings. The molecule has 1 heterocycles. The highest BCUT2D eigenvalue weighted by Gasteiger charge is 2.26. The number of ether oxygens (including phenoxy) is 1. The summed E-state index contributed by atoms with van der Waals surface area (Å²) in [5, 5.41) is 10.4. The molecule has 6 nitrogen and oxygen atoms in total. The maximum absolute atomic E-state index is 11.8. The molecule has 0 aliphatic rings. The first-order valence-electron chi connectivity index (χ1n) is 4.90. The maximum atomic E-state index is 11.8. The lowest BCUT2D eigenvalue weighted by molar-refractivity contribution is -0.384. The Balaban J connectivity index is 2.49. The fourth-order valence-corrected chi connectivity index (χ4v) is 1.13. The van der Waals surface area contributed by atoms with Gasteiger partial charge in [-0.2, -0.15) is 18.2 Å². The summed E-state index contributed by atoms with van der Waals surface area (Å²) in [5.74, 6) is -0.381. The van der Waals surface area contributed by atoms with Crippen LogP contribution in [0.15, 0.2) is 12.1 Å². The number of anilines is 1. The van der Waals surface area contributed by atoms with Crippen LogP contribution in [-0.4, -0.2) is 22.7 Å². The Labute approximate surface area is 99.7 Å². The van der Waals surface area contributed by atoms with Crippen LogP contribution in [0.5, 0.6) is 5.88 Å². The number of halogens is 3. The van der Waals surface area contributed by atoms with E-state index in [0.29, 0.717) is 0 Å². The van der Waals surface area contributed by atoms with Gasteiger partial charge in [0, 0.05) is 18.6 Å². The molecule has 0 bridgehead atoms. The van der Waals surface area contributed by atoms with Crippen molar-refractivity contribution in [1.29, 1.82) is 0 Å². The quantitative estimate of drug-likeness (QED) is 0.501. The SMILES string of the molecule is Nc1nc(OCCCC(F)(F)F)ccc1[N+](=O)[O-]. The third kappa shape index (κ3) is 4.44. The average Bonchev–Trinajstić information content (AvgIpc) is 2.22. The first-order chi connectivity index (χ1) is 8.29. The van der Waals surface area contributed by atoms with Crippen molar-refractivity contribution in [2.45, 2.75) is 19.0 Å². The van der Waals surface area contributed by atoms with E-state index in [0.717, 1.165) is 6.07 Å². The van der Waals surface area contributed by atoms with Crippen LogP contribution in [0.4, 0.5) is 24.7 Å². The van der Waals surface area contributed by atoms with Crippen molar-refractivity contribution in [3.8, 4) is 5.88 Å². The summed E-state index contributed by atoms with van der Waals surface area (Å²) in [5.41, 5.74) is 4.91. The number of hydrogen-bond acceptors (Lipinski definition) is 5. The molecule has 2 N–H and O–H groups in total.